The summed E-state index contributed by atoms with van der Waals surface area (Å²) in [5.74, 6) is 1.64. The van der Waals surface area contributed by atoms with E-state index in [-0.39, 0.29) is 0 Å². The van der Waals surface area contributed by atoms with Crippen LogP contribution in [0.2, 0.25) is 0 Å². The van der Waals surface area contributed by atoms with Gasteiger partial charge in [-0.3, -0.25) is 0 Å². The highest BCUT2D eigenvalue weighted by Gasteiger charge is 2.34. The van der Waals surface area contributed by atoms with Crippen molar-refractivity contribution >= 4 is 0 Å². The Kier molecular flexibility index (Phi) is 5.46. The molecule has 0 aromatic carbocycles. The highest BCUT2D eigenvalue weighted by atomic mass is 15.2. The average molecular weight is 240 g/mol. The van der Waals surface area contributed by atoms with E-state index >= 15 is 0 Å². The third kappa shape index (κ3) is 5.39. The fourth-order valence-corrected chi connectivity index (χ4v) is 2.79. The average Bonchev–Trinajstić information content (AvgIpc) is 2.06. The Morgan fingerprint density at radius 1 is 1.24 bits per heavy atom. The Morgan fingerprint density at radius 2 is 1.88 bits per heavy atom. The molecule has 0 aromatic rings. The molecule has 17 heavy (non-hydrogen) atoms. The first-order valence-electron chi connectivity index (χ1n) is 7.20. The number of hydrogen-bond acceptors (Lipinski definition) is 2. The van der Waals surface area contributed by atoms with Crippen molar-refractivity contribution in [2.24, 2.45) is 17.3 Å². The molecule has 102 valence electrons. The van der Waals surface area contributed by atoms with Crippen molar-refractivity contribution in [3.63, 3.8) is 0 Å². The molecule has 0 bridgehead atoms. The monoisotopic (exact) mass is 240 g/mol. The van der Waals surface area contributed by atoms with E-state index in [1.165, 1.54) is 25.9 Å². The lowest BCUT2D eigenvalue weighted by molar-refractivity contribution is 0.0581. The van der Waals surface area contributed by atoms with Crippen LogP contribution in [-0.2, 0) is 0 Å². The van der Waals surface area contributed by atoms with E-state index in [1.807, 2.05) is 0 Å². The molecule has 0 amide bonds. The largest absolute Gasteiger partial charge is 0.316 e. The fourth-order valence-electron chi connectivity index (χ4n) is 2.79. The molecule has 0 saturated heterocycles. The third-order valence-corrected chi connectivity index (χ3v) is 3.63. The van der Waals surface area contributed by atoms with Crippen molar-refractivity contribution in [3.05, 3.63) is 0 Å². The minimum atomic E-state index is 0.417. The van der Waals surface area contributed by atoms with Gasteiger partial charge in [0.2, 0.25) is 0 Å². The van der Waals surface area contributed by atoms with Crippen LogP contribution in [-0.4, -0.2) is 37.6 Å². The molecule has 1 fully saturated rings. The van der Waals surface area contributed by atoms with Crippen molar-refractivity contribution < 1.29 is 0 Å². The van der Waals surface area contributed by atoms with E-state index in [4.69, 9.17) is 0 Å². The lowest BCUT2D eigenvalue weighted by Gasteiger charge is -2.45. The first-order chi connectivity index (χ1) is 7.79. The van der Waals surface area contributed by atoms with Crippen LogP contribution in [0.4, 0.5) is 0 Å². The van der Waals surface area contributed by atoms with Crippen LogP contribution in [0.15, 0.2) is 0 Å². The molecule has 2 nitrogen and oxygen atoms in total. The lowest BCUT2D eigenvalue weighted by Crippen LogP contribution is -2.51. The van der Waals surface area contributed by atoms with Gasteiger partial charge >= 0.3 is 0 Å². The van der Waals surface area contributed by atoms with E-state index in [0.29, 0.717) is 5.41 Å². The predicted octanol–water partition coefficient (Wildman–Crippen LogP) is 2.99. The van der Waals surface area contributed by atoms with E-state index in [2.05, 4.69) is 51.9 Å². The first-order valence-corrected chi connectivity index (χ1v) is 7.20. The summed E-state index contributed by atoms with van der Waals surface area (Å²) in [7, 11) is 2.30. The Morgan fingerprint density at radius 3 is 2.29 bits per heavy atom. The zero-order chi connectivity index (χ0) is 13.1. The summed E-state index contributed by atoms with van der Waals surface area (Å²) in [5, 5.41) is 3.61. The molecule has 1 N–H and O–H groups in total. The van der Waals surface area contributed by atoms with Crippen molar-refractivity contribution in [2.45, 2.75) is 53.5 Å². The molecule has 2 heteroatoms. The minimum Gasteiger partial charge on any atom is -0.316 e. The highest BCUT2D eigenvalue weighted by Crippen LogP contribution is 2.32. The van der Waals surface area contributed by atoms with E-state index in [0.717, 1.165) is 24.4 Å². The standard InChI is InChI=1S/C15H32N2/c1-12(2)9-16-10-13-7-8-14(13)17(6)11-15(3,4)5/h12-14,16H,7-11H2,1-6H3. The predicted molar refractivity (Wildman–Crippen MR) is 76.3 cm³/mol. The summed E-state index contributed by atoms with van der Waals surface area (Å²) in [6.45, 7) is 15.1. The van der Waals surface area contributed by atoms with Crippen LogP contribution in [0.25, 0.3) is 0 Å². The normalized spacial score (nSPS) is 25.4. The summed E-state index contributed by atoms with van der Waals surface area (Å²) < 4.78 is 0. The zero-order valence-corrected chi connectivity index (χ0v) is 12.7. The molecule has 0 heterocycles. The van der Waals surface area contributed by atoms with Gasteiger partial charge in [-0.15, -0.1) is 0 Å². The first kappa shape index (κ1) is 15.0. The quantitative estimate of drug-likeness (QED) is 0.768. The SMILES string of the molecule is CC(C)CNCC1CCC1N(C)CC(C)(C)C. The Labute approximate surface area is 108 Å². The molecule has 0 spiro atoms. The number of hydrogen-bond donors (Lipinski definition) is 1. The molecule has 1 aliphatic carbocycles. The van der Waals surface area contributed by atoms with Crippen LogP contribution >= 0.6 is 0 Å². The van der Waals surface area contributed by atoms with E-state index in [9.17, 15) is 0 Å². The van der Waals surface area contributed by atoms with Gasteiger partial charge < -0.3 is 10.2 Å². The molecular formula is C15H32N2. The fraction of sp³-hybridized carbons (Fsp3) is 1.00. The van der Waals surface area contributed by atoms with Gasteiger partial charge in [0.25, 0.3) is 0 Å². The Bertz CT molecular complexity index is 217. The number of nitrogens with zero attached hydrogens (tertiary/aromatic N) is 1. The molecule has 0 radical (unpaired) electrons. The van der Waals surface area contributed by atoms with Gasteiger partial charge in [-0.05, 0) is 50.2 Å². The topological polar surface area (TPSA) is 15.3 Å². The number of rotatable bonds is 6. The maximum Gasteiger partial charge on any atom is 0.0133 e. The van der Waals surface area contributed by atoms with Gasteiger partial charge in [-0.25, -0.2) is 0 Å². The van der Waals surface area contributed by atoms with Crippen LogP contribution < -0.4 is 5.32 Å². The second kappa shape index (κ2) is 6.19. The van der Waals surface area contributed by atoms with Crippen LogP contribution in [0.3, 0.4) is 0 Å². The molecule has 1 aliphatic rings. The molecule has 2 atom stereocenters. The van der Waals surface area contributed by atoms with Gasteiger partial charge in [-0.2, -0.15) is 0 Å². The summed E-state index contributed by atoms with van der Waals surface area (Å²) in [6.07, 6.45) is 2.80. The van der Waals surface area contributed by atoms with Crippen molar-refractivity contribution in [3.8, 4) is 0 Å². The van der Waals surface area contributed by atoms with Gasteiger partial charge in [0, 0.05) is 12.6 Å². The Hall–Kier alpha value is -0.0800. The second-order valence-corrected chi connectivity index (χ2v) is 7.43. The summed E-state index contributed by atoms with van der Waals surface area (Å²) in [6, 6.07) is 0.814. The summed E-state index contributed by atoms with van der Waals surface area (Å²) >= 11 is 0. The third-order valence-electron chi connectivity index (χ3n) is 3.63. The Balaban J connectivity index is 2.25. The minimum absolute atomic E-state index is 0.417. The van der Waals surface area contributed by atoms with Gasteiger partial charge in [0.05, 0.1) is 0 Å². The second-order valence-electron chi connectivity index (χ2n) is 7.43. The molecule has 0 aromatic heterocycles. The maximum absolute atomic E-state index is 3.61. The van der Waals surface area contributed by atoms with Crippen LogP contribution in [0.1, 0.15) is 47.5 Å². The maximum atomic E-state index is 3.61. The summed E-state index contributed by atoms with van der Waals surface area (Å²) in [4.78, 5) is 2.57. The molecule has 2 unspecified atom stereocenters. The smallest absolute Gasteiger partial charge is 0.0133 e. The van der Waals surface area contributed by atoms with E-state index in [1.54, 1.807) is 0 Å². The molecule has 1 saturated carbocycles. The van der Waals surface area contributed by atoms with Crippen molar-refractivity contribution in [1.29, 1.82) is 0 Å². The molecule has 1 rings (SSSR count). The van der Waals surface area contributed by atoms with Crippen LogP contribution in [0, 0.1) is 17.3 Å². The van der Waals surface area contributed by atoms with Gasteiger partial charge in [0.1, 0.15) is 0 Å². The zero-order valence-electron chi connectivity index (χ0n) is 12.7. The van der Waals surface area contributed by atoms with Crippen LogP contribution in [0.5, 0.6) is 0 Å². The van der Waals surface area contributed by atoms with E-state index < -0.39 is 0 Å². The number of nitrogens with one attached hydrogen (secondary N) is 1. The van der Waals surface area contributed by atoms with Gasteiger partial charge in [0.15, 0.2) is 0 Å². The van der Waals surface area contributed by atoms with Crippen molar-refractivity contribution in [2.75, 3.05) is 26.7 Å². The molecular weight excluding hydrogens is 208 g/mol. The van der Waals surface area contributed by atoms with Gasteiger partial charge in [-0.1, -0.05) is 34.6 Å². The highest BCUT2D eigenvalue weighted by molar-refractivity contribution is 4.90. The van der Waals surface area contributed by atoms with Crippen molar-refractivity contribution in [1.82, 2.24) is 10.2 Å². The summed E-state index contributed by atoms with van der Waals surface area (Å²) in [5.41, 5.74) is 0.417. The lowest BCUT2D eigenvalue weighted by atomic mass is 9.77. The molecule has 0 aliphatic heterocycles.